The molecule has 2 atom stereocenters. The first-order chi connectivity index (χ1) is 16.8. The van der Waals surface area contributed by atoms with Crippen LogP contribution in [-0.2, 0) is 9.53 Å². The molecular formula is C27H25FN2O5. The number of nitrogens with one attached hydrogen (secondary N) is 2. The van der Waals surface area contributed by atoms with Crippen LogP contribution >= 0.6 is 0 Å². The second kappa shape index (κ2) is 9.97. The molecule has 0 saturated carbocycles. The highest BCUT2D eigenvalue weighted by molar-refractivity contribution is 5.96. The number of benzene rings is 3. The fourth-order valence-corrected chi connectivity index (χ4v) is 4.15. The first kappa shape index (κ1) is 23.9. The molecule has 0 heterocycles. The number of carboxylic acids is 1. The molecule has 3 N–H and O–H groups in total. The van der Waals surface area contributed by atoms with Crippen molar-refractivity contribution in [2.24, 2.45) is 5.92 Å². The normalized spacial score (nSPS) is 13.8. The summed E-state index contributed by atoms with van der Waals surface area (Å²) >= 11 is 0. The van der Waals surface area contributed by atoms with Crippen LogP contribution in [0.25, 0.3) is 11.1 Å². The van der Waals surface area contributed by atoms with Gasteiger partial charge in [-0.05, 0) is 54.3 Å². The Kier molecular flexibility index (Phi) is 6.82. The first-order valence-corrected chi connectivity index (χ1v) is 11.2. The average molecular weight is 477 g/mol. The molecule has 4 rings (SSSR count). The monoisotopic (exact) mass is 476 g/mol. The molecule has 0 bridgehead atoms. The summed E-state index contributed by atoms with van der Waals surface area (Å²) in [6.07, 6.45) is -0.743. The quantitative estimate of drug-likeness (QED) is 0.444. The van der Waals surface area contributed by atoms with Crippen LogP contribution in [0.2, 0.25) is 0 Å². The lowest BCUT2D eigenvalue weighted by Crippen LogP contribution is -2.40. The zero-order valence-corrected chi connectivity index (χ0v) is 19.2. The van der Waals surface area contributed by atoms with Gasteiger partial charge in [0.1, 0.15) is 12.4 Å². The largest absolute Gasteiger partial charge is 0.481 e. The van der Waals surface area contributed by atoms with Gasteiger partial charge in [0.05, 0.1) is 11.5 Å². The van der Waals surface area contributed by atoms with Gasteiger partial charge in [0, 0.05) is 17.6 Å². The molecule has 2 unspecified atom stereocenters. The molecule has 3 aromatic rings. The predicted molar refractivity (Wildman–Crippen MR) is 129 cm³/mol. The molecule has 2 amide bonds. The molecule has 0 saturated heterocycles. The zero-order chi connectivity index (χ0) is 25.1. The maximum absolute atomic E-state index is 14.6. The Morgan fingerprint density at radius 2 is 1.57 bits per heavy atom. The maximum atomic E-state index is 14.6. The molecule has 1 aliphatic carbocycles. The van der Waals surface area contributed by atoms with E-state index in [1.807, 2.05) is 48.5 Å². The third kappa shape index (κ3) is 5.01. The van der Waals surface area contributed by atoms with Crippen LogP contribution in [0.1, 0.15) is 41.3 Å². The number of halogens is 1. The molecular weight excluding hydrogens is 451 g/mol. The third-order valence-electron chi connectivity index (χ3n) is 6.30. The smallest absolute Gasteiger partial charge is 0.411 e. The van der Waals surface area contributed by atoms with E-state index in [1.165, 1.54) is 26.0 Å². The second-order valence-electron chi connectivity index (χ2n) is 8.53. The summed E-state index contributed by atoms with van der Waals surface area (Å²) in [5, 5.41) is 14.0. The van der Waals surface area contributed by atoms with Crippen LogP contribution in [0.4, 0.5) is 14.9 Å². The Bertz CT molecular complexity index is 1250. The summed E-state index contributed by atoms with van der Waals surface area (Å²) < 4.78 is 20.0. The number of ether oxygens (including phenoxy) is 1. The van der Waals surface area contributed by atoms with E-state index < -0.39 is 35.7 Å². The maximum Gasteiger partial charge on any atom is 0.411 e. The van der Waals surface area contributed by atoms with Gasteiger partial charge < -0.3 is 15.2 Å². The van der Waals surface area contributed by atoms with E-state index in [1.54, 1.807) is 0 Å². The fourth-order valence-electron chi connectivity index (χ4n) is 4.15. The zero-order valence-electron chi connectivity index (χ0n) is 19.2. The number of hydrogen-bond acceptors (Lipinski definition) is 4. The minimum absolute atomic E-state index is 0.105. The fraction of sp³-hybridized carbons (Fsp3) is 0.222. The van der Waals surface area contributed by atoms with Gasteiger partial charge in [-0.1, -0.05) is 48.5 Å². The van der Waals surface area contributed by atoms with E-state index in [2.05, 4.69) is 10.6 Å². The van der Waals surface area contributed by atoms with Gasteiger partial charge in [0.2, 0.25) is 0 Å². The lowest BCUT2D eigenvalue weighted by molar-refractivity contribution is -0.141. The molecule has 1 aliphatic rings. The van der Waals surface area contributed by atoms with Gasteiger partial charge in [-0.2, -0.15) is 0 Å². The number of anilines is 1. The minimum Gasteiger partial charge on any atom is -0.481 e. The number of amides is 2. The van der Waals surface area contributed by atoms with Crippen molar-refractivity contribution in [3.05, 3.63) is 89.2 Å². The summed E-state index contributed by atoms with van der Waals surface area (Å²) in [5.41, 5.74) is 4.25. The Hall–Kier alpha value is -4.20. The summed E-state index contributed by atoms with van der Waals surface area (Å²) in [5.74, 6) is -3.60. The van der Waals surface area contributed by atoms with Crippen LogP contribution in [0.3, 0.4) is 0 Å². The van der Waals surface area contributed by atoms with E-state index in [0.29, 0.717) is 0 Å². The molecule has 180 valence electrons. The van der Waals surface area contributed by atoms with Gasteiger partial charge in [-0.15, -0.1) is 0 Å². The van der Waals surface area contributed by atoms with Crippen LogP contribution < -0.4 is 10.6 Å². The highest BCUT2D eigenvalue weighted by atomic mass is 19.1. The molecule has 8 heteroatoms. The molecule has 7 nitrogen and oxygen atoms in total. The Balaban J connectivity index is 1.38. The molecule has 0 fully saturated rings. The molecule has 0 radical (unpaired) electrons. The van der Waals surface area contributed by atoms with Gasteiger partial charge in [0.25, 0.3) is 5.91 Å². The average Bonchev–Trinajstić information content (AvgIpc) is 3.15. The van der Waals surface area contributed by atoms with Crippen molar-refractivity contribution in [2.75, 3.05) is 11.9 Å². The van der Waals surface area contributed by atoms with Crippen molar-refractivity contribution in [2.45, 2.75) is 25.8 Å². The van der Waals surface area contributed by atoms with Crippen molar-refractivity contribution in [1.82, 2.24) is 5.32 Å². The highest BCUT2D eigenvalue weighted by Gasteiger charge is 2.29. The first-order valence-electron chi connectivity index (χ1n) is 11.2. The highest BCUT2D eigenvalue weighted by Crippen LogP contribution is 2.44. The van der Waals surface area contributed by atoms with E-state index in [9.17, 15) is 18.8 Å². The van der Waals surface area contributed by atoms with Crippen molar-refractivity contribution in [3.63, 3.8) is 0 Å². The molecule has 3 aromatic carbocycles. The van der Waals surface area contributed by atoms with Crippen LogP contribution in [0.5, 0.6) is 0 Å². The molecule has 0 spiro atoms. The van der Waals surface area contributed by atoms with Crippen LogP contribution in [0, 0.1) is 11.7 Å². The number of aliphatic carboxylic acids is 1. The van der Waals surface area contributed by atoms with Crippen molar-refractivity contribution in [3.8, 4) is 11.1 Å². The number of fused-ring (bicyclic) bond motifs is 3. The van der Waals surface area contributed by atoms with E-state index >= 15 is 0 Å². The van der Waals surface area contributed by atoms with Gasteiger partial charge in [0.15, 0.2) is 0 Å². The minimum atomic E-state index is -1.07. The summed E-state index contributed by atoms with van der Waals surface area (Å²) in [6, 6.07) is 18.9. The second-order valence-corrected chi connectivity index (χ2v) is 8.53. The van der Waals surface area contributed by atoms with Crippen LogP contribution in [0.15, 0.2) is 66.7 Å². The van der Waals surface area contributed by atoms with Crippen molar-refractivity contribution < 1.29 is 28.6 Å². The summed E-state index contributed by atoms with van der Waals surface area (Å²) in [4.78, 5) is 35.8. The van der Waals surface area contributed by atoms with E-state index in [0.717, 1.165) is 28.3 Å². The third-order valence-corrected chi connectivity index (χ3v) is 6.30. The number of carbonyl (C=O) groups is 3. The lowest BCUT2D eigenvalue weighted by Gasteiger charge is -2.18. The number of hydrogen-bond donors (Lipinski definition) is 3. The molecule has 0 aliphatic heterocycles. The lowest BCUT2D eigenvalue weighted by atomic mass is 9.98. The molecule has 35 heavy (non-hydrogen) atoms. The number of carboxylic acid groups (broad SMARTS) is 1. The standard InChI is InChI=1S/C27H25FN2O5/c1-15(26(32)33)16(2)29-25(31)22-12-11-17(13-24(22)28)30-27(34)35-14-23-20-9-5-3-7-18(20)19-8-4-6-10-21(19)23/h3-13,15-16,23H,14H2,1-2H3,(H,29,31)(H,30,34)(H,32,33). The van der Waals surface area contributed by atoms with Crippen molar-refractivity contribution >= 4 is 23.7 Å². The van der Waals surface area contributed by atoms with Crippen molar-refractivity contribution in [1.29, 1.82) is 0 Å². The van der Waals surface area contributed by atoms with Gasteiger partial charge in [-0.3, -0.25) is 14.9 Å². The SMILES string of the molecule is CC(NC(=O)c1ccc(NC(=O)OCC2c3ccccc3-c3ccccc32)cc1F)C(C)C(=O)O. The summed E-state index contributed by atoms with van der Waals surface area (Å²) in [7, 11) is 0. The predicted octanol–water partition coefficient (Wildman–Crippen LogP) is 5.03. The van der Waals surface area contributed by atoms with Gasteiger partial charge in [-0.25, -0.2) is 9.18 Å². The number of rotatable bonds is 7. The van der Waals surface area contributed by atoms with Gasteiger partial charge >= 0.3 is 12.1 Å². The Morgan fingerprint density at radius 1 is 0.971 bits per heavy atom. The van der Waals surface area contributed by atoms with E-state index in [4.69, 9.17) is 9.84 Å². The topological polar surface area (TPSA) is 105 Å². The van der Waals surface area contributed by atoms with Crippen LogP contribution in [-0.4, -0.2) is 35.7 Å². The van der Waals surface area contributed by atoms with E-state index in [-0.39, 0.29) is 23.8 Å². The Labute approximate surface area is 201 Å². The molecule has 0 aromatic heterocycles. The number of carbonyl (C=O) groups excluding carboxylic acids is 2. The summed E-state index contributed by atoms with van der Waals surface area (Å²) in [6.45, 7) is 3.09. The Morgan fingerprint density at radius 3 is 2.14 bits per heavy atom.